The lowest BCUT2D eigenvalue weighted by atomic mass is 9.75. The summed E-state index contributed by atoms with van der Waals surface area (Å²) in [7, 11) is 0. The standard InChI is InChI=1S/C13H19F3N2O/c1-2-6-18-9-11(8-17-18)12(19)5-3-4-10(7-12)13(14,15)16/h8-10,19H,2-7H2,1H3. The molecular weight excluding hydrogens is 257 g/mol. The van der Waals surface area contributed by atoms with Gasteiger partial charge < -0.3 is 5.11 Å². The molecule has 0 radical (unpaired) electrons. The molecule has 1 heterocycles. The summed E-state index contributed by atoms with van der Waals surface area (Å²) in [5.41, 5.74) is -0.875. The number of alkyl halides is 3. The molecule has 1 saturated carbocycles. The summed E-state index contributed by atoms with van der Waals surface area (Å²) in [4.78, 5) is 0. The molecule has 0 bridgehead atoms. The molecule has 19 heavy (non-hydrogen) atoms. The molecule has 0 amide bonds. The van der Waals surface area contributed by atoms with E-state index in [0.717, 1.165) is 6.42 Å². The van der Waals surface area contributed by atoms with Crippen LogP contribution in [0.5, 0.6) is 0 Å². The van der Waals surface area contributed by atoms with Gasteiger partial charge in [-0.25, -0.2) is 0 Å². The quantitative estimate of drug-likeness (QED) is 0.920. The molecular formula is C13H19F3N2O. The molecule has 0 saturated heterocycles. The maximum atomic E-state index is 12.8. The number of nitrogens with zero attached hydrogens (tertiary/aromatic N) is 2. The molecule has 108 valence electrons. The van der Waals surface area contributed by atoms with E-state index in [4.69, 9.17) is 0 Å². The first-order valence-corrected chi connectivity index (χ1v) is 6.67. The Bertz CT molecular complexity index is 430. The van der Waals surface area contributed by atoms with Gasteiger partial charge in [0.2, 0.25) is 0 Å². The van der Waals surface area contributed by atoms with Crippen molar-refractivity contribution in [3.63, 3.8) is 0 Å². The molecule has 2 rings (SSSR count). The van der Waals surface area contributed by atoms with Gasteiger partial charge in [-0.1, -0.05) is 6.92 Å². The second-order valence-corrected chi connectivity index (χ2v) is 5.36. The Morgan fingerprint density at radius 1 is 1.53 bits per heavy atom. The van der Waals surface area contributed by atoms with Crippen molar-refractivity contribution in [2.75, 3.05) is 0 Å². The zero-order valence-corrected chi connectivity index (χ0v) is 11.0. The fourth-order valence-corrected chi connectivity index (χ4v) is 2.75. The van der Waals surface area contributed by atoms with Crippen LogP contribution in [0, 0.1) is 5.92 Å². The molecule has 2 atom stereocenters. The van der Waals surface area contributed by atoms with Crippen molar-refractivity contribution in [2.24, 2.45) is 5.92 Å². The molecule has 1 N–H and O–H groups in total. The number of rotatable bonds is 3. The molecule has 1 aliphatic rings. The van der Waals surface area contributed by atoms with Crippen LogP contribution in [-0.4, -0.2) is 21.1 Å². The minimum Gasteiger partial charge on any atom is -0.385 e. The predicted octanol–water partition coefficient (Wildman–Crippen LogP) is 3.23. The minimum atomic E-state index is -4.23. The van der Waals surface area contributed by atoms with Gasteiger partial charge in [-0.2, -0.15) is 18.3 Å². The van der Waals surface area contributed by atoms with Crippen molar-refractivity contribution in [2.45, 2.75) is 57.3 Å². The highest BCUT2D eigenvalue weighted by molar-refractivity contribution is 5.16. The van der Waals surface area contributed by atoms with Crippen LogP contribution in [0.1, 0.15) is 44.6 Å². The summed E-state index contributed by atoms with van der Waals surface area (Å²) in [5, 5.41) is 14.6. The van der Waals surface area contributed by atoms with Crippen LogP contribution in [0.25, 0.3) is 0 Å². The van der Waals surface area contributed by atoms with Gasteiger partial charge in [0.05, 0.1) is 17.7 Å². The molecule has 1 aromatic rings. The summed E-state index contributed by atoms with van der Waals surface area (Å²) in [5.74, 6) is -1.42. The van der Waals surface area contributed by atoms with Crippen molar-refractivity contribution >= 4 is 0 Å². The Morgan fingerprint density at radius 3 is 2.89 bits per heavy atom. The third-order valence-electron chi connectivity index (χ3n) is 3.81. The van der Waals surface area contributed by atoms with E-state index in [1.807, 2.05) is 6.92 Å². The number of hydrogen-bond donors (Lipinski definition) is 1. The SMILES string of the molecule is CCCn1cc(C2(O)CCCC(C(F)(F)F)C2)cn1. The van der Waals surface area contributed by atoms with E-state index in [0.29, 0.717) is 24.9 Å². The Balaban J connectivity index is 2.16. The number of halogens is 3. The number of aliphatic hydroxyl groups is 1. The first-order chi connectivity index (χ1) is 8.85. The summed E-state index contributed by atoms with van der Waals surface area (Å²) < 4.78 is 40.1. The average Bonchev–Trinajstić information content (AvgIpc) is 2.78. The Hall–Kier alpha value is -1.04. The van der Waals surface area contributed by atoms with Gasteiger partial charge in [0.25, 0.3) is 0 Å². The normalized spacial score (nSPS) is 28.6. The van der Waals surface area contributed by atoms with E-state index >= 15 is 0 Å². The Kier molecular flexibility index (Phi) is 3.90. The zero-order valence-electron chi connectivity index (χ0n) is 11.0. The van der Waals surface area contributed by atoms with Crippen molar-refractivity contribution in [3.05, 3.63) is 18.0 Å². The Labute approximate surface area is 110 Å². The second kappa shape index (κ2) is 5.15. The van der Waals surface area contributed by atoms with Gasteiger partial charge in [0, 0.05) is 18.3 Å². The molecule has 3 nitrogen and oxygen atoms in total. The van der Waals surface area contributed by atoms with Gasteiger partial charge in [0.15, 0.2) is 0 Å². The van der Waals surface area contributed by atoms with Crippen LogP contribution in [0.3, 0.4) is 0 Å². The molecule has 1 aromatic heterocycles. The summed E-state index contributed by atoms with van der Waals surface area (Å²) in [6.45, 7) is 2.70. The molecule has 1 aliphatic carbocycles. The van der Waals surface area contributed by atoms with E-state index in [1.54, 1.807) is 10.9 Å². The number of aromatic nitrogens is 2. The van der Waals surface area contributed by atoms with Crippen molar-refractivity contribution in [1.82, 2.24) is 9.78 Å². The van der Waals surface area contributed by atoms with Crippen molar-refractivity contribution < 1.29 is 18.3 Å². The lowest BCUT2D eigenvalue weighted by Crippen LogP contribution is -2.38. The van der Waals surface area contributed by atoms with Crippen LogP contribution < -0.4 is 0 Å². The summed E-state index contributed by atoms with van der Waals surface area (Å²) in [6.07, 6.45) is 0.440. The number of aryl methyl sites for hydroxylation is 1. The fourth-order valence-electron chi connectivity index (χ4n) is 2.75. The molecule has 0 spiro atoms. The first-order valence-electron chi connectivity index (χ1n) is 6.67. The topological polar surface area (TPSA) is 38.0 Å². The van der Waals surface area contributed by atoms with Crippen LogP contribution in [-0.2, 0) is 12.1 Å². The molecule has 0 aromatic carbocycles. The maximum Gasteiger partial charge on any atom is 0.391 e. The monoisotopic (exact) mass is 276 g/mol. The van der Waals surface area contributed by atoms with Crippen LogP contribution in [0.15, 0.2) is 12.4 Å². The molecule has 0 aliphatic heterocycles. The van der Waals surface area contributed by atoms with Crippen LogP contribution in [0.2, 0.25) is 0 Å². The van der Waals surface area contributed by atoms with Gasteiger partial charge in [0.1, 0.15) is 0 Å². The fraction of sp³-hybridized carbons (Fsp3) is 0.769. The lowest BCUT2D eigenvalue weighted by Gasteiger charge is -2.37. The summed E-state index contributed by atoms with van der Waals surface area (Å²) >= 11 is 0. The van der Waals surface area contributed by atoms with E-state index < -0.39 is 17.7 Å². The zero-order chi connectivity index (χ0) is 14.1. The highest BCUT2D eigenvalue weighted by atomic mass is 19.4. The highest BCUT2D eigenvalue weighted by Crippen LogP contribution is 2.45. The van der Waals surface area contributed by atoms with Gasteiger partial charge in [-0.15, -0.1) is 0 Å². The minimum absolute atomic E-state index is 0.106. The van der Waals surface area contributed by atoms with Crippen molar-refractivity contribution in [3.8, 4) is 0 Å². The second-order valence-electron chi connectivity index (χ2n) is 5.36. The molecule has 1 fully saturated rings. The lowest BCUT2D eigenvalue weighted by molar-refractivity contribution is -0.201. The Morgan fingerprint density at radius 2 is 2.26 bits per heavy atom. The first kappa shape index (κ1) is 14.4. The summed E-state index contributed by atoms with van der Waals surface area (Å²) in [6, 6.07) is 0. The maximum absolute atomic E-state index is 12.8. The van der Waals surface area contributed by atoms with Crippen LogP contribution in [0.4, 0.5) is 13.2 Å². The average molecular weight is 276 g/mol. The third kappa shape index (κ3) is 3.11. The largest absolute Gasteiger partial charge is 0.391 e. The van der Waals surface area contributed by atoms with Gasteiger partial charge >= 0.3 is 6.18 Å². The van der Waals surface area contributed by atoms with Gasteiger partial charge in [-0.3, -0.25) is 4.68 Å². The van der Waals surface area contributed by atoms with Gasteiger partial charge in [-0.05, 0) is 32.1 Å². The molecule has 2 unspecified atom stereocenters. The number of hydrogen-bond acceptors (Lipinski definition) is 2. The van der Waals surface area contributed by atoms with E-state index in [2.05, 4.69) is 5.10 Å². The smallest absolute Gasteiger partial charge is 0.385 e. The van der Waals surface area contributed by atoms with Crippen molar-refractivity contribution in [1.29, 1.82) is 0 Å². The predicted molar refractivity (Wildman–Crippen MR) is 64.4 cm³/mol. The van der Waals surface area contributed by atoms with Crippen LogP contribution >= 0.6 is 0 Å². The third-order valence-corrected chi connectivity index (χ3v) is 3.81. The highest BCUT2D eigenvalue weighted by Gasteiger charge is 2.47. The van der Waals surface area contributed by atoms with E-state index in [9.17, 15) is 18.3 Å². The molecule has 6 heteroatoms. The van der Waals surface area contributed by atoms with E-state index in [-0.39, 0.29) is 12.8 Å². The van der Waals surface area contributed by atoms with E-state index in [1.165, 1.54) is 6.20 Å².